The number of non-ortho nitro benzene ring substituents is 1. The Morgan fingerprint density at radius 3 is 2.87 bits per heavy atom. The molecule has 0 aliphatic carbocycles. The quantitative estimate of drug-likeness (QED) is 0.588. The predicted octanol–water partition coefficient (Wildman–Crippen LogP) is 1.48. The molecule has 0 radical (unpaired) electrons. The number of aromatic nitrogens is 2. The largest absolute Gasteiger partial charge is 0.319 e. The van der Waals surface area contributed by atoms with Crippen molar-refractivity contribution in [3.63, 3.8) is 0 Å². The highest BCUT2D eigenvalue weighted by Gasteiger charge is 2.14. The Labute approximate surface area is 87.7 Å². The molecule has 0 saturated heterocycles. The van der Waals surface area contributed by atoms with E-state index in [-0.39, 0.29) is 21.7 Å². The van der Waals surface area contributed by atoms with Crippen LogP contribution in [0.2, 0.25) is 5.02 Å². The van der Waals surface area contributed by atoms with Gasteiger partial charge in [0.2, 0.25) is 0 Å². The number of fused-ring (bicyclic) bond motifs is 1. The van der Waals surface area contributed by atoms with Gasteiger partial charge in [-0.15, -0.1) is 0 Å². The molecule has 76 valence electrons. The number of nitrogens with one attached hydrogen (secondary N) is 1. The Bertz CT molecular complexity index is 608. The van der Waals surface area contributed by atoms with E-state index in [2.05, 4.69) is 9.97 Å². The molecule has 0 atom stereocenters. The molecule has 1 heterocycles. The zero-order valence-electron chi connectivity index (χ0n) is 7.23. The second kappa shape index (κ2) is 3.32. The van der Waals surface area contributed by atoms with Gasteiger partial charge in [0.15, 0.2) is 5.52 Å². The first-order valence-electron chi connectivity index (χ1n) is 3.91. The van der Waals surface area contributed by atoms with E-state index in [1.807, 2.05) is 0 Å². The highest BCUT2D eigenvalue weighted by molar-refractivity contribution is 6.31. The fourth-order valence-corrected chi connectivity index (χ4v) is 1.46. The van der Waals surface area contributed by atoms with Gasteiger partial charge in [0.05, 0.1) is 16.6 Å². The number of nitro groups is 1. The summed E-state index contributed by atoms with van der Waals surface area (Å²) in [5.74, 6) is 0. The lowest BCUT2D eigenvalue weighted by Gasteiger charge is -1.98. The van der Waals surface area contributed by atoms with Crippen LogP contribution in [0.25, 0.3) is 11.0 Å². The van der Waals surface area contributed by atoms with Crippen molar-refractivity contribution in [2.45, 2.75) is 0 Å². The number of nitro benzene ring substituents is 1. The molecule has 2 aromatic rings. The smallest absolute Gasteiger partial charge is 0.298 e. The van der Waals surface area contributed by atoms with Gasteiger partial charge in [-0.25, -0.2) is 4.98 Å². The minimum atomic E-state index is -0.598. The molecule has 0 saturated carbocycles. The van der Waals surface area contributed by atoms with Gasteiger partial charge < -0.3 is 4.98 Å². The third-order valence-corrected chi connectivity index (χ3v) is 2.04. The molecule has 0 fully saturated rings. The number of nitrogens with zero attached hydrogens (tertiary/aromatic N) is 2. The second-order valence-corrected chi connectivity index (χ2v) is 3.26. The van der Waals surface area contributed by atoms with E-state index in [9.17, 15) is 14.9 Å². The first-order valence-corrected chi connectivity index (χ1v) is 4.29. The Morgan fingerprint density at radius 2 is 2.20 bits per heavy atom. The van der Waals surface area contributed by atoms with Crippen molar-refractivity contribution < 1.29 is 4.92 Å². The SMILES string of the molecule is O=c1cnc2c([N+](=O)[O-])cc(Cl)cc2[nH]1. The van der Waals surface area contributed by atoms with Crippen LogP contribution in [0.4, 0.5) is 5.69 Å². The van der Waals surface area contributed by atoms with Crippen molar-refractivity contribution in [3.8, 4) is 0 Å². The third kappa shape index (κ3) is 1.66. The van der Waals surface area contributed by atoms with E-state index in [0.29, 0.717) is 0 Å². The molecular formula is C8H4ClN3O3. The van der Waals surface area contributed by atoms with Crippen molar-refractivity contribution in [1.82, 2.24) is 9.97 Å². The summed E-state index contributed by atoms with van der Waals surface area (Å²) in [5.41, 5.74) is -0.293. The normalized spacial score (nSPS) is 10.5. The number of aromatic amines is 1. The molecule has 7 heteroatoms. The van der Waals surface area contributed by atoms with E-state index in [1.165, 1.54) is 12.1 Å². The fourth-order valence-electron chi connectivity index (χ4n) is 1.24. The lowest BCUT2D eigenvalue weighted by Crippen LogP contribution is -2.06. The van der Waals surface area contributed by atoms with Crippen molar-refractivity contribution in [1.29, 1.82) is 0 Å². The van der Waals surface area contributed by atoms with E-state index < -0.39 is 10.5 Å². The molecule has 1 N–H and O–H groups in total. The number of benzene rings is 1. The lowest BCUT2D eigenvalue weighted by molar-refractivity contribution is -0.383. The zero-order chi connectivity index (χ0) is 11.0. The average Bonchev–Trinajstić information content (AvgIpc) is 2.15. The molecular weight excluding hydrogens is 222 g/mol. The summed E-state index contributed by atoms with van der Waals surface area (Å²) in [5, 5.41) is 10.8. The number of H-pyrrole nitrogens is 1. The van der Waals surface area contributed by atoms with Gasteiger partial charge in [-0.1, -0.05) is 11.6 Å². The van der Waals surface area contributed by atoms with Crippen LogP contribution in [0, 0.1) is 10.1 Å². The molecule has 0 unspecified atom stereocenters. The van der Waals surface area contributed by atoms with Crippen LogP contribution in [-0.4, -0.2) is 14.9 Å². The summed E-state index contributed by atoms with van der Waals surface area (Å²) in [6.07, 6.45) is 0.989. The van der Waals surface area contributed by atoms with E-state index in [1.54, 1.807) is 0 Å². The number of hydrogen-bond donors (Lipinski definition) is 1. The minimum Gasteiger partial charge on any atom is -0.319 e. The molecule has 0 aliphatic rings. The van der Waals surface area contributed by atoms with Crippen LogP contribution in [0.5, 0.6) is 0 Å². The summed E-state index contributed by atoms with van der Waals surface area (Å²) >= 11 is 5.67. The van der Waals surface area contributed by atoms with Crippen molar-refractivity contribution in [3.05, 3.63) is 43.8 Å². The molecule has 1 aromatic carbocycles. The molecule has 6 nitrogen and oxygen atoms in total. The van der Waals surface area contributed by atoms with E-state index >= 15 is 0 Å². The Kier molecular flexibility index (Phi) is 2.12. The predicted molar refractivity (Wildman–Crippen MR) is 54.0 cm³/mol. The van der Waals surface area contributed by atoms with Crippen LogP contribution < -0.4 is 5.56 Å². The van der Waals surface area contributed by atoms with Gasteiger partial charge in [-0.2, -0.15) is 0 Å². The number of halogens is 1. The summed E-state index contributed by atoms with van der Waals surface area (Å²) in [6, 6.07) is 2.60. The van der Waals surface area contributed by atoms with Gasteiger partial charge in [-0.05, 0) is 6.07 Å². The van der Waals surface area contributed by atoms with Gasteiger partial charge in [-0.3, -0.25) is 14.9 Å². The van der Waals surface area contributed by atoms with Crippen LogP contribution >= 0.6 is 11.6 Å². The molecule has 0 amide bonds. The van der Waals surface area contributed by atoms with Crippen molar-refractivity contribution >= 4 is 28.3 Å². The third-order valence-electron chi connectivity index (χ3n) is 1.82. The van der Waals surface area contributed by atoms with Crippen LogP contribution in [0.1, 0.15) is 0 Å². The first kappa shape index (κ1) is 9.60. The number of hydrogen-bond acceptors (Lipinski definition) is 4. The summed E-state index contributed by atoms with van der Waals surface area (Å²) in [4.78, 5) is 27.1. The van der Waals surface area contributed by atoms with Gasteiger partial charge in [0.1, 0.15) is 0 Å². The maximum Gasteiger partial charge on any atom is 0.298 e. The minimum absolute atomic E-state index is 0.115. The van der Waals surface area contributed by atoms with Gasteiger partial charge >= 0.3 is 0 Å². The molecule has 15 heavy (non-hydrogen) atoms. The van der Waals surface area contributed by atoms with Crippen molar-refractivity contribution in [2.24, 2.45) is 0 Å². The highest BCUT2D eigenvalue weighted by atomic mass is 35.5. The Balaban J connectivity index is 2.92. The second-order valence-electron chi connectivity index (χ2n) is 2.83. The monoisotopic (exact) mass is 225 g/mol. The van der Waals surface area contributed by atoms with Crippen LogP contribution in [0.3, 0.4) is 0 Å². The first-order chi connectivity index (χ1) is 7.08. The standard InChI is InChI=1S/C8H4ClN3O3/c9-4-1-5-8(6(2-4)12(14)15)10-3-7(13)11-5/h1-3H,(H,11,13). The van der Waals surface area contributed by atoms with E-state index in [4.69, 9.17) is 11.6 Å². The molecule has 1 aromatic heterocycles. The maximum absolute atomic E-state index is 10.9. The Morgan fingerprint density at radius 1 is 1.47 bits per heavy atom. The van der Waals surface area contributed by atoms with Crippen molar-refractivity contribution in [2.75, 3.05) is 0 Å². The Hall–Kier alpha value is -1.95. The summed E-state index contributed by atoms with van der Waals surface area (Å²) in [7, 11) is 0. The topological polar surface area (TPSA) is 88.9 Å². The fraction of sp³-hybridized carbons (Fsp3) is 0. The van der Waals surface area contributed by atoms with Gasteiger partial charge in [0, 0.05) is 11.1 Å². The summed E-state index contributed by atoms with van der Waals surface area (Å²) < 4.78 is 0. The van der Waals surface area contributed by atoms with Crippen LogP contribution in [-0.2, 0) is 0 Å². The molecule has 0 aliphatic heterocycles. The molecule has 0 bridgehead atoms. The number of rotatable bonds is 1. The van der Waals surface area contributed by atoms with Crippen LogP contribution in [0.15, 0.2) is 23.1 Å². The van der Waals surface area contributed by atoms with E-state index in [0.717, 1.165) is 6.20 Å². The zero-order valence-corrected chi connectivity index (χ0v) is 7.99. The van der Waals surface area contributed by atoms with Gasteiger partial charge in [0.25, 0.3) is 11.2 Å². The summed E-state index contributed by atoms with van der Waals surface area (Å²) in [6.45, 7) is 0. The molecule has 2 rings (SSSR count). The highest BCUT2D eigenvalue weighted by Crippen LogP contribution is 2.25. The maximum atomic E-state index is 10.9. The average molecular weight is 226 g/mol. The molecule has 0 spiro atoms. The lowest BCUT2D eigenvalue weighted by atomic mass is 10.2.